The lowest BCUT2D eigenvalue weighted by Gasteiger charge is -2.11. The van der Waals surface area contributed by atoms with E-state index in [2.05, 4.69) is 25.6 Å². The predicted octanol–water partition coefficient (Wildman–Crippen LogP) is 2.65. The number of hydrogen-bond acceptors (Lipinski definition) is 7. The summed E-state index contributed by atoms with van der Waals surface area (Å²) in [5.41, 5.74) is 1.32. The second-order valence-corrected chi connectivity index (χ2v) is 7.15. The number of carbonyl (C=O) groups is 3. The Morgan fingerprint density at radius 2 is 1.62 bits per heavy atom. The number of anilines is 1. The summed E-state index contributed by atoms with van der Waals surface area (Å²) in [6.07, 6.45) is 2.21. The van der Waals surface area contributed by atoms with Gasteiger partial charge in [0.25, 0.3) is 5.91 Å². The first-order valence-corrected chi connectivity index (χ1v) is 10.9. The normalized spacial score (nSPS) is 10.6. The Kier molecular flexibility index (Phi) is 11.7. The van der Waals surface area contributed by atoms with Gasteiger partial charge in [-0.2, -0.15) is 0 Å². The van der Waals surface area contributed by atoms with Crippen molar-refractivity contribution >= 4 is 53.2 Å². The zero-order chi connectivity index (χ0) is 24.8. The van der Waals surface area contributed by atoms with Gasteiger partial charge >= 0.3 is 6.09 Å². The zero-order valence-electron chi connectivity index (χ0n) is 18.3. The minimum atomic E-state index is -0.658. The molecule has 34 heavy (non-hydrogen) atoms. The second kappa shape index (κ2) is 14.8. The molecule has 0 aromatic heterocycles. The fourth-order valence-corrected chi connectivity index (χ4v) is 2.86. The van der Waals surface area contributed by atoms with Crippen molar-refractivity contribution in [2.45, 2.75) is 0 Å². The topological polar surface area (TPSA) is 130 Å². The summed E-state index contributed by atoms with van der Waals surface area (Å²) in [4.78, 5) is 41.4. The average molecular weight is 510 g/mol. The maximum Gasteiger partial charge on any atom is 0.412 e. The second-order valence-electron chi connectivity index (χ2n) is 6.62. The minimum Gasteiger partial charge on any atom is -0.493 e. The summed E-state index contributed by atoms with van der Waals surface area (Å²) in [5, 5.41) is 7.91. The highest BCUT2D eigenvalue weighted by atomic mass is 35.5. The van der Waals surface area contributed by atoms with Crippen molar-refractivity contribution in [3.63, 3.8) is 0 Å². The van der Waals surface area contributed by atoms with Gasteiger partial charge in [-0.05, 0) is 59.5 Å². The number of benzene rings is 2. The average Bonchev–Trinajstić information content (AvgIpc) is 2.84. The molecule has 0 radical (unpaired) electrons. The van der Waals surface area contributed by atoms with Crippen molar-refractivity contribution in [1.82, 2.24) is 20.3 Å². The van der Waals surface area contributed by atoms with E-state index in [1.807, 2.05) is 0 Å². The van der Waals surface area contributed by atoms with Crippen LogP contribution in [0.15, 0.2) is 48.5 Å². The lowest BCUT2D eigenvalue weighted by Crippen LogP contribution is -2.31. The molecular weight excluding hydrogens is 485 g/mol. The van der Waals surface area contributed by atoms with Gasteiger partial charge in [-0.25, -0.2) is 14.5 Å². The van der Waals surface area contributed by atoms with E-state index < -0.39 is 12.0 Å². The monoisotopic (exact) mass is 509 g/mol. The van der Waals surface area contributed by atoms with Crippen molar-refractivity contribution in [2.24, 2.45) is 0 Å². The number of carbonyl (C=O) groups excluding carboxylic acids is 3. The van der Waals surface area contributed by atoms with Crippen LogP contribution in [0.25, 0.3) is 6.08 Å². The van der Waals surface area contributed by atoms with Crippen LogP contribution in [0.2, 0.25) is 0 Å². The first-order chi connectivity index (χ1) is 16.5. The molecule has 3 amide bonds. The molecule has 0 atom stereocenters. The summed E-state index contributed by atoms with van der Waals surface area (Å²) < 4.78 is 10.5. The van der Waals surface area contributed by atoms with Crippen LogP contribution in [0, 0.1) is 0 Å². The van der Waals surface area contributed by atoms with Crippen molar-refractivity contribution in [3.05, 3.63) is 59.7 Å². The molecule has 182 valence electrons. The van der Waals surface area contributed by atoms with E-state index >= 15 is 0 Å². The molecule has 0 aliphatic carbocycles. The Morgan fingerprint density at radius 1 is 0.912 bits per heavy atom. The third kappa shape index (κ3) is 8.91. The van der Waals surface area contributed by atoms with E-state index in [-0.39, 0.29) is 18.2 Å². The molecule has 12 heteroatoms. The van der Waals surface area contributed by atoms with E-state index in [1.54, 1.807) is 48.5 Å². The fourth-order valence-electron chi connectivity index (χ4n) is 2.67. The molecule has 2 aromatic rings. The van der Waals surface area contributed by atoms with Crippen LogP contribution >= 0.6 is 23.6 Å². The van der Waals surface area contributed by atoms with Gasteiger partial charge in [0.1, 0.15) is 0 Å². The van der Waals surface area contributed by atoms with Crippen LogP contribution in [0.3, 0.4) is 0 Å². The van der Waals surface area contributed by atoms with Crippen LogP contribution in [-0.2, 0) is 4.79 Å². The van der Waals surface area contributed by atoms with Crippen molar-refractivity contribution in [2.75, 3.05) is 38.6 Å². The van der Waals surface area contributed by atoms with Gasteiger partial charge in [0.05, 0.1) is 18.4 Å². The molecule has 5 N–H and O–H groups in total. The van der Waals surface area contributed by atoms with Crippen molar-refractivity contribution in [1.29, 1.82) is 0 Å². The first-order valence-electron chi connectivity index (χ1n) is 10.2. The van der Waals surface area contributed by atoms with Crippen LogP contribution in [0.5, 0.6) is 11.5 Å². The molecule has 10 nitrogen and oxygen atoms in total. The van der Waals surface area contributed by atoms with Gasteiger partial charge in [-0.15, -0.1) is 0 Å². The third-order valence-electron chi connectivity index (χ3n) is 4.24. The SMILES string of the molecule is COc1cc(/C=C/C(=O)Nc2ccccc2C(=O)NCCNCl)ccc1OC(=O)NCCNCl. The van der Waals surface area contributed by atoms with Crippen molar-refractivity contribution < 1.29 is 23.9 Å². The fraction of sp³-hybridized carbons (Fsp3) is 0.227. The van der Waals surface area contributed by atoms with Gasteiger partial charge in [0.2, 0.25) is 5.91 Å². The largest absolute Gasteiger partial charge is 0.493 e. The number of halogens is 2. The van der Waals surface area contributed by atoms with Crippen LogP contribution < -0.4 is 35.1 Å². The maximum atomic E-state index is 12.4. The van der Waals surface area contributed by atoms with E-state index in [4.69, 9.17) is 33.0 Å². The molecule has 0 unspecified atom stereocenters. The molecule has 0 spiro atoms. The molecule has 0 heterocycles. The number of rotatable bonds is 12. The molecule has 0 saturated heterocycles. The van der Waals surface area contributed by atoms with Crippen LogP contribution in [0.4, 0.5) is 10.5 Å². The van der Waals surface area contributed by atoms with Gasteiger partial charge < -0.3 is 25.4 Å². The van der Waals surface area contributed by atoms with E-state index in [9.17, 15) is 14.4 Å². The van der Waals surface area contributed by atoms with Crippen LogP contribution in [-0.4, -0.2) is 51.2 Å². The lowest BCUT2D eigenvalue weighted by molar-refractivity contribution is -0.111. The smallest absolute Gasteiger partial charge is 0.412 e. The lowest BCUT2D eigenvalue weighted by atomic mass is 10.1. The number of ether oxygens (including phenoxy) is 2. The summed E-state index contributed by atoms with van der Waals surface area (Å²) >= 11 is 10.7. The highest BCUT2D eigenvalue weighted by molar-refractivity contribution is 6.13. The Hall–Kier alpha value is -3.31. The van der Waals surface area contributed by atoms with E-state index in [0.29, 0.717) is 42.2 Å². The molecule has 0 saturated carbocycles. The summed E-state index contributed by atoms with van der Waals surface area (Å²) in [5.74, 6) is -0.254. The summed E-state index contributed by atoms with van der Waals surface area (Å²) in [7, 11) is 1.43. The quantitative estimate of drug-likeness (QED) is 0.169. The van der Waals surface area contributed by atoms with E-state index in [1.165, 1.54) is 13.2 Å². The maximum absolute atomic E-state index is 12.4. The molecular formula is C22H25Cl2N5O5. The van der Waals surface area contributed by atoms with Gasteiger partial charge in [0, 0.05) is 32.3 Å². The number of nitrogens with one attached hydrogen (secondary N) is 5. The molecule has 2 aromatic carbocycles. The highest BCUT2D eigenvalue weighted by Gasteiger charge is 2.12. The van der Waals surface area contributed by atoms with Gasteiger partial charge in [-0.3, -0.25) is 9.59 Å². The number of amides is 3. The molecule has 0 aliphatic heterocycles. The Labute approximate surface area is 207 Å². The Morgan fingerprint density at radius 3 is 2.32 bits per heavy atom. The van der Waals surface area contributed by atoms with Gasteiger partial charge in [-0.1, -0.05) is 18.2 Å². The standard InChI is InChI=1S/C22H25Cl2N5O5/c1-33-19-14-15(6-8-18(19)34-22(32)26-11-13-28-24)7-9-20(30)29-17-5-3-2-4-16(17)21(31)25-10-12-27-23/h2-9,14,27-28H,10-13H2,1H3,(H,25,31)(H,26,32)(H,29,30)/b9-7+. The predicted molar refractivity (Wildman–Crippen MR) is 131 cm³/mol. The zero-order valence-corrected chi connectivity index (χ0v) is 19.8. The van der Waals surface area contributed by atoms with Crippen LogP contribution in [0.1, 0.15) is 15.9 Å². The Bertz CT molecular complexity index is 1020. The summed E-state index contributed by atoms with van der Waals surface area (Å²) in [6.45, 7) is 1.39. The third-order valence-corrected chi connectivity index (χ3v) is 4.62. The molecule has 0 fully saturated rings. The Balaban J connectivity index is 2.02. The van der Waals surface area contributed by atoms with Crippen molar-refractivity contribution in [3.8, 4) is 11.5 Å². The molecule has 0 bridgehead atoms. The number of para-hydroxylation sites is 1. The molecule has 2 rings (SSSR count). The first kappa shape index (κ1) is 26.9. The number of methoxy groups -OCH3 is 1. The highest BCUT2D eigenvalue weighted by Crippen LogP contribution is 2.28. The molecule has 0 aliphatic rings. The summed E-state index contributed by atoms with van der Waals surface area (Å²) in [6, 6.07) is 11.5. The number of hydrogen-bond donors (Lipinski definition) is 5. The van der Waals surface area contributed by atoms with E-state index in [0.717, 1.165) is 0 Å². The van der Waals surface area contributed by atoms with Gasteiger partial charge in [0.15, 0.2) is 11.5 Å². The minimum absolute atomic E-state index is 0.213.